The molecule has 0 amide bonds. The van der Waals surface area contributed by atoms with Gasteiger partial charge in [-0.25, -0.2) is 9.31 Å². The molecule has 0 bridgehead atoms. The average Bonchev–Trinajstić information content (AvgIpc) is 3.04. The van der Waals surface area contributed by atoms with Crippen molar-refractivity contribution in [1.82, 2.24) is 14.6 Å². The highest BCUT2D eigenvalue weighted by Crippen LogP contribution is 2.26. The van der Waals surface area contributed by atoms with Crippen LogP contribution in [0.3, 0.4) is 0 Å². The van der Waals surface area contributed by atoms with Crippen molar-refractivity contribution in [3.63, 3.8) is 0 Å². The Kier molecular flexibility index (Phi) is 4.61. The van der Waals surface area contributed by atoms with Crippen molar-refractivity contribution in [3.8, 4) is 0 Å². The van der Waals surface area contributed by atoms with Crippen LogP contribution in [0.5, 0.6) is 0 Å². The van der Waals surface area contributed by atoms with E-state index in [0.29, 0.717) is 26.7 Å². The Morgan fingerprint density at radius 3 is 2.56 bits per heavy atom. The zero-order valence-electron chi connectivity index (χ0n) is 13.0. The zero-order chi connectivity index (χ0) is 18.1. The molecule has 0 unspecified atom stereocenters. The van der Waals surface area contributed by atoms with Crippen LogP contribution in [-0.4, -0.2) is 33.5 Å². The second kappa shape index (κ2) is 6.70. The van der Waals surface area contributed by atoms with Gasteiger partial charge in [0.15, 0.2) is 11.5 Å². The van der Waals surface area contributed by atoms with Crippen molar-refractivity contribution < 1.29 is 14.3 Å². The van der Waals surface area contributed by atoms with Crippen LogP contribution in [0.15, 0.2) is 30.6 Å². The van der Waals surface area contributed by atoms with E-state index >= 15 is 0 Å². The number of ether oxygens (including phenoxy) is 1. The van der Waals surface area contributed by atoms with Gasteiger partial charge in [-0.1, -0.05) is 23.2 Å². The van der Waals surface area contributed by atoms with Crippen molar-refractivity contribution in [1.29, 1.82) is 0 Å². The molecular weight excluding hydrogens is 367 g/mol. The molecule has 2 N–H and O–H groups in total. The molecule has 128 valence electrons. The summed E-state index contributed by atoms with van der Waals surface area (Å²) in [4.78, 5) is 28.3. The van der Waals surface area contributed by atoms with E-state index in [1.54, 1.807) is 6.07 Å². The molecule has 0 aliphatic rings. The second-order valence-electron chi connectivity index (χ2n) is 5.17. The van der Waals surface area contributed by atoms with Crippen molar-refractivity contribution >= 4 is 46.3 Å². The number of nitrogens with two attached hydrogens (primary N) is 1. The SMILES string of the molecule is COC(=O)c1cc2c(C(=O)Cc3c(Cl)cncc3Cl)ccc(N)n2n1. The number of carbonyl (C=O) groups is 2. The Bertz CT molecular complexity index is 980. The van der Waals surface area contributed by atoms with Crippen molar-refractivity contribution in [2.75, 3.05) is 12.8 Å². The number of nitrogens with zero attached hydrogens (tertiary/aromatic N) is 3. The molecular formula is C16H12Cl2N4O3. The summed E-state index contributed by atoms with van der Waals surface area (Å²) in [5.74, 6) is -0.597. The summed E-state index contributed by atoms with van der Waals surface area (Å²) in [6.45, 7) is 0. The van der Waals surface area contributed by atoms with E-state index < -0.39 is 5.97 Å². The van der Waals surface area contributed by atoms with E-state index in [1.165, 1.54) is 36.2 Å². The lowest BCUT2D eigenvalue weighted by atomic mass is 10.0. The molecule has 3 rings (SSSR count). The first-order valence-electron chi connectivity index (χ1n) is 7.10. The number of ketones is 1. The third-order valence-electron chi connectivity index (χ3n) is 3.64. The summed E-state index contributed by atoms with van der Waals surface area (Å²) < 4.78 is 5.97. The van der Waals surface area contributed by atoms with Crippen molar-refractivity contribution in [2.45, 2.75) is 6.42 Å². The third kappa shape index (κ3) is 3.16. The van der Waals surface area contributed by atoms with Gasteiger partial charge in [0.05, 0.1) is 22.7 Å². The van der Waals surface area contributed by atoms with E-state index in [-0.39, 0.29) is 23.7 Å². The van der Waals surface area contributed by atoms with Crippen LogP contribution >= 0.6 is 23.2 Å². The fourth-order valence-corrected chi connectivity index (χ4v) is 2.90. The van der Waals surface area contributed by atoms with Crippen LogP contribution in [0.25, 0.3) is 5.52 Å². The highest BCUT2D eigenvalue weighted by Gasteiger charge is 2.20. The normalized spacial score (nSPS) is 10.8. The first-order chi connectivity index (χ1) is 11.9. The van der Waals surface area contributed by atoms with Gasteiger partial charge < -0.3 is 10.5 Å². The minimum absolute atomic E-state index is 0.0293. The quantitative estimate of drug-likeness (QED) is 0.553. The number of hydrogen-bond acceptors (Lipinski definition) is 6. The molecule has 3 aromatic heterocycles. The minimum atomic E-state index is -0.623. The van der Waals surface area contributed by atoms with Crippen LogP contribution < -0.4 is 5.73 Å². The highest BCUT2D eigenvalue weighted by molar-refractivity contribution is 6.36. The molecule has 0 fully saturated rings. The maximum atomic E-state index is 12.8. The smallest absolute Gasteiger partial charge is 0.358 e. The number of pyridine rings is 2. The summed E-state index contributed by atoms with van der Waals surface area (Å²) in [6, 6.07) is 4.55. The van der Waals surface area contributed by atoms with Gasteiger partial charge in [0, 0.05) is 29.9 Å². The predicted octanol–water partition coefficient (Wildman–Crippen LogP) is 2.83. The van der Waals surface area contributed by atoms with E-state index in [9.17, 15) is 9.59 Å². The first-order valence-corrected chi connectivity index (χ1v) is 7.85. The Hall–Kier alpha value is -2.64. The third-order valence-corrected chi connectivity index (χ3v) is 4.29. The topological polar surface area (TPSA) is 99.6 Å². The Morgan fingerprint density at radius 1 is 1.24 bits per heavy atom. The molecule has 0 saturated heterocycles. The number of anilines is 1. The van der Waals surface area contributed by atoms with Crippen LogP contribution in [0.2, 0.25) is 10.0 Å². The molecule has 25 heavy (non-hydrogen) atoms. The fourth-order valence-electron chi connectivity index (χ4n) is 2.40. The lowest BCUT2D eigenvalue weighted by Gasteiger charge is -2.08. The van der Waals surface area contributed by atoms with Crippen molar-refractivity contribution in [3.05, 3.63) is 57.5 Å². The van der Waals surface area contributed by atoms with E-state index in [4.69, 9.17) is 28.9 Å². The van der Waals surface area contributed by atoms with Gasteiger partial charge in [-0.05, 0) is 18.2 Å². The Morgan fingerprint density at radius 2 is 1.92 bits per heavy atom. The van der Waals surface area contributed by atoms with Crippen LogP contribution in [0.4, 0.5) is 5.82 Å². The maximum absolute atomic E-state index is 12.8. The molecule has 3 heterocycles. The molecule has 7 nitrogen and oxygen atoms in total. The number of Topliss-reactive ketones (excluding diaryl/α,β-unsaturated/α-hetero) is 1. The Labute approximate surface area is 152 Å². The van der Waals surface area contributed by atoms with Gasteiger partial charge in [0.25, 0.3) is 0 Å². The lowest BCUT2D eigenvalue weighted by Crippen LogP contribution is -2.09. The van der Waals surface area contributed by atoms with Gasteiger partial charge >= 0.3 is 5.97 Å². The second-order valence-corrected chi connectivity index (χ2v) is 5.99. The summed E-state index contributed by atoms with van der Waals surface area (Å²) in [6.07, 6.45) is 2.81. The van der Waals surface area contributed by atoms with E-state index in [1.807, 2.05) is 0 Å². The summed E-state index contributed by atoms with van der Waals surface area (Å²) in [5.41, 5.74) is 7.12. The standard InChI is InChI=1S/C16H12Cl2N4O3/c1-25-16(24)12-5-13-8(2-3-15(19)22(13)21-12)14(23)4-9-10(17)6-20-7-11(9)18/h2-3,5-7H,4,19H2,1H3. The number of aromatic nitrogens is 3. The average molecular weight is 379 g/mol. The van der Waals surface area contributed by atoms with Gasteiger partial charge in [0.1, 0.15) is 5.82 Å². The first kappa shape index (κ1) is 17.2. The molecule has 0 aliphatic carbocycles. The number of nitrogen functional groups attached to an aromatic ring is 1. The van der Waals surface area contributed by atoms with E-state index in [0.717, 1.165) is 0 Å². The van der Waals surface area contributed by atoms with E-state index in [2.05, 4.69) is 14.8 Å². The molecule has 0 radical (unpaired) electrons. The molecule has 0 atom stereocenters. The number of carbonyl (C=O) groups excluding carboxylic acids is 2. The maximum Gasteiger partial charge on any atom is 0.358 e. The summed E-state index contributed by atoms with van der Waals surface area (Å²) in [5, 5.41) is 4.67. The monoisotopic (exact) mass is 378 g/mol. The van der Waals surface area contributed by atoms with Gasteiger partial charge in [-0.15, -0.1) is 0 Å². The molecule has 0 aromatic carbocycles. The van der Waals surface area contributed by atoms with Crippen LogP contribution in [0.1, 0.15) is 26.4 Å². The zero-order valence-corrected chi connectivity index (χ0v) is 14.5. The van der Waals surface area contributed by atoms with Gasteiger partial charge in [-0.2, -0.15) is 5.10 Å². The molecule has 0 saturated carbocycles. The highest BCUT2D eigenvalue weighted by atomic mass is 35.5. The molecule has 3 aromatic rings. The summed E-state index contributed by atoms with van der Waals surface area (Å²) >= 11 is 12.1. The number of hydrogen-bond donors (Lipinski definition) is 1. The molecule has 0 aliphatic heterocycles. The molecule has 9 heteroatoms. The number of esters is 1. The Balaban J connectivity index is 2.06. The van der Waals surface area contributed by atoms with Gasteiger partial charge in [-0.3, -0.25) is 9.78 Å². The van der Waals surface area contributed by atoms with Crippen LogP contribution in [0, 0.1) is 0 Å². The molecule has 0 spiro atoms. The number of fused-ring (bicyclic) bond motifs is 1. The van der Waals surface area contributed by atoms with Gasteiger partial charge in [0.2, 0.25) is 0 Å². The predicted molar refractivity (Wildman–Crippen MR) is 93.2 cm³/mol. The number of methoxy groups -OCH3 is 1. The van der Waals surface area contributed by atoms with Crippen LogP contribution in [-0.2, 0) is 11.2 Å². The number of halogens is 2. The fraction of sp³-hybridized carbons (Fsp3) is 0.125. The lowest BCUT2D eigenvalue weighted by molar-refractivity contribution is 0.0593. The number of rotatable bonds is 4. The van der Waals surface area contributed by atoms with Crippen molar-refractivity contribution in [2.24, 2.45) is 0 Å². The largest absolute Gasteiger partial charge is 0.464 e. The summed E-state index contributed by atoms with van der Waals surface area (Å²) in [7, 11) is 1.25. The minimum Gasteiger partial charge on any atom is -0.464 e.